The summed E-state index contributed by atoms with van der Waals surface area (Å²) in [4.78, 5) is 24.8. The molecule has 1 aromatic carbocycles. The topological polar surface area (TPSA) is 97.6 Å². The normalized spacial score (nSPS) is 10.5. The Bertz CT molecular complexity index is 1090. The number of carbonyl (C=O) groups is 1. The van der Waals surface area contributed by atoms with Crippen LogP contribution in [0.15, 0.2) is 73.6 Å². The van der Waals surface area contributed by atoms with Crippen molar-refractivity contribution in [3.63, 3.8) is 0 Å². The fraction of sp³-hybridized carbons (Fsp3) is 0.0952. The van der Waals surface area contributed by atoms with Gasteiger partial charge in [0.1, 0.15) is 0 Å². The van der Waals surface area contributed by atoms with Crippen molar-refractivity contribution in [1.29, 1.82) is 0 Å². The smallest absolute Gasteiger partial charge is 0.228 e. The van der Waals surface area contributed by atoms with E-state index in [0.29, 0.717) is 18.1 Å². The number of hydrogen-bond acceptors (Lipinski definition) is 6. The number of amides is 1. The first-order valence-electron chi connectivity index (χ1n) is 9.02. The molecule has 0 unspecified atom stereocenters. The average molecular weight is 385 g/mol. The minimum atomic E-state index is -0.0834. The molecule has 0 saturated carbocycles. The van der Waals surface area contributed by atoms with Crippen molar-refractivity contribution in [3.8, 4) is 11.1 Å². The van der Waals surface area contributed by atoms with E-state index in [0.717, 1.165) is 22.4 Å². The van der Waals surface area contributed by atoms with Gasteiger partial charge in [-0.2, -0.15) is 5.10 Å². The predicted octanol–water partition coefficient (Wildman–Crippen LogP) is 3.20. The van der Waals surface area contributed by atoms with Crippen LogP contribution in [0.3, 0.4) is 0 Å². The average Bonchev–Trinajstić information content (AvgIpc) is 3.14. The molecule has 4 rings (SSSR count). The lowest BCUT2D eigenvalue weighted by molar-refractivity contribution is -0.115. The van der Waals surface area contributed by atoms with Crippen molar-refractivity contribution in [1.82, 2.24) is 24.7 Å². The van der Waals surface area contributed by atoms with Gasteiger partial charge in [-0.3, -0.25) is 14.5 Å². The highest BCUT2D eigenvalue weighted by atomic mass is 16.1. The predicted molar refractivity (Wildman–Crippen MR) is 111 cm³/mol. The second kappa shape index (κ2) is 8.30. The van der Waals surface area contributed by atoms with Crippen molar-refractivity contribution in [3.05, 3.63) is 79.1 Å². The molecule has 0 spiro atoms. The second-order valence-electron chi connectivity index (χ2n) is 6.49. The van der Waals surface area contributed by atoms with Crippen LogP contribution in [-0.2, 0) is 18.3 Å². The lowest BCUT2D eigenvalue weighted by atomic mass is 10.1. The molecule has 0 bridgehead atoms. The van der Waals surface area contributed by atoms with Crippen molar-refractivity contribution < 1.29 is 4.79 Å². The van der Waals surface area contributed by atoms with Crippen LogP contribution >= 0.6 is 0 Å². The molecular formula is C21H19N7O. The molecular weight excluding hydrogens is 366 g/mol. The van der Waals surface area contributed by atoms with Gasteiger partial charge in [-0.1, -0.05) is 24.3 Å². The fourth-order valence-electron chi connectivity index (χ4n) is 2.80. The summed E-state index contributed by atoms with van der Waals surface area (Å²) in [6, 6.07) is 11.4. The number of benzene rings is 1. The highest BCUT2D eigenvalue weighted by Gasteiger charge is 2.06. The van der Waals surface area contributed by atoms with Gasteiger partial charge in [0.15, 0.2) is 0 Å². The molecule has 0 atom stereocenters. The Morgan fingerprint density at radius 2 is 1.76 bits per heavy atom. The fourth-order valence-corrected chi connectivity index (χ4v) is 2.80. The van der Waals surface area contributed by atoms with Gasteiger partial charge in [0, 0.05) is 37.4 Å². The Balaban J connectivity index is 1.37. The van der Waals surface area contributed by atoms with Gasteiger partial charge >= 0.3 is 0 Å². The van der Waals surface area contributed by atoms with Gasteiger partial charge in [0.25, 0.3) is 0 Å². The summed E-state index contributed by atoms with van der Waals surface area (Å²) in [7, 11) is 1.85. The Morgan fingerprint density at radius 1 is 0.966 bits per heavy atom. The summed E-state index contributed by atoms with van der Waals surface area (Å²) in [5.41, 5.74) is 4.31. The van der Waals surface area contributed by atoms with Crippen LogP contribution in [0.25, 0.3) is 11.1 Å². The zero-order valence-corrected chi connectivity index (χ0v) is 15.8. The van der Waals surface area contributed by atoms with Crippen LogP contribution in [0.4, 0.5) is 17.3 Å². The van der Waals surface area contributed by atoms with E-state index >= 15 is 0 Å². The lowest BCUT2D eigenvalue weighted by Crippen LogP contribution is -2.14. The summed E-state index contributed by atoms with van der Waals surface area (Å²) in [5.74, 6) is 0.422. The zero-order valence-electron chi connectivity index (χ0n) is 15.8. The number of anilines is 3. The van der Waals surface area contributed by atoms with E-state index in [9.17, 15) is 4.79 Å². The number of aryl methyl sites for hydroxylation is 1. The van der Waals surface area contributed by atoms with Gasteiger partial charge < -0.3 is 10.6 Å². The monoisotopic (exact) mass is 385 g/mol. The van der Waals surface area contributed by atoms with Crippen molar-refractivity contribution in [2.75, 3.05) is 10.6 Å². The Morgan fingerprint density at radius 3 is 2.41 bits per heavy atom. The molecule has 8 nitrogen and oxygen atoms in total. The maximum absolute atomic E-state index is 12.2. The third kappa shape index (κ3) is 4.81. The first-order valence-corrected chi connectivity index (χ1v) is 9.02. The summed E-state index contributed by atoms with van der Waals surface area (Å²) in [6.45, 7) is 0. The van der Waals surface area contributed by atoms with E-state index in [2.05, 4.69) is 30.7 Å². The highest BCUT2D eigenvalue weighted by molar-refractivity contribution is 5.92. The summed E-state index contributed by atoms with van der Waals surface area (Å²) < 4.78 is 1.70. The maximum atomic E-state index is 12.2. The third-order valence-corrected chi connectivity index (χ3v) is 4.21. The van der Waals surface area contributed by atoms with Crippen molar-refractivity contribution in [2.24, 2.45) is 7.05 Å². The molecule has 144 valence electrons. The van der Waals surface area contributed by atoms with Crippen LogP contribution in [-0.4, -0.2) is 30.6 Å². The Labute approximate surface area is 167 Å². The first-order chi connectivity index (χ1) is 14.2. The SMILES string of the molecule is Cn1cc(Nc2ncc(-c3ccc(CC(=O)Nc4cccnc4)cc3)cn2)cn1. The lowest BCUT2D eigenvalue weighted by Gasteiger charge is -2.07. The molecule has 3 aromatic heterocycles. The van der Waals surface area contributed by atoms with Crippen LogP contribution in [0.1, 0.15) is 5.56 Å². The molecule has 0 fully saturated rings. The number of hydrogen-bond donors (Lipinski definition) is 2. The standard InChI is InChI=1S/C21H19N7O/c1-28-14-19(13-25-28)27-21-23-10-17(11-24-21)16-6-4-15(5-7-16)9-20(29)26-18-3-2-8-22-12-18/h2-8,10-14H,9H2,1H3,(H,26,29)(H,23,24,27). The molecule has 0 aliphatic rings. The van der Waals surface area contributed by atoms with Crippen LogP contribution in [0.5, 0.6) is 0 Å². The molecule has 29 heavy (non-hydrogen) atoms. The van der Waals surface area contributed by atoms with E-state index in [-0.39, 0.29) is 5.91 Å². The van der Waals surface area contributed by atoms with Crippen LogP contribution in [0.2, 0.25) is 0 Å². The van der Waals surface area contributed by atoms with Gasteiger partial charge in [-0.15, -0.1) is 0 Å². The van der Waals surface area contributed by atoms with Crippen LogP contribution in [0, 0.1) is 0 Å². The van der Waals surface area contributed by atoms with E-state index in [1.807, 2.05) is 37.5 Å². The first kappa shape index (κ1) is 18.3. The third-order valence-electron chi connectivity index (χ3n) is 4.21. The highest BCUT2D eigenvalue weighted by Crippen LogP contribution is 2.20. The number of aromatic nitrogens is 5. The van der Waals surface area contributed by atoms with E-state index in [4.69, 9.17) is 0 Å². The van der Waals surface area contributed by atoms with E-state index in [1.54, 1.807) is 47.8 Å². The molecule has 0 aliphatic heterocycles. The zero-order chi connectivity index (χ0) is 20.1. The molecule has 8 heteroatoms. The van der Waals surface area contributed by atoms with Crippen molar-refractivity contribution >= 4 is 23.2 Å². The Hall–Kier alpha value is -4.07. The Kier molecular flexibility index (Phi) is 5.24. The molecule has 3 heterocycles. The number of rotatable bonds is 6. The minimum Gasteiger partial charge on any atom is -0.324 e. The molecule has 4 aromatic rings. The summed E-state index contributed by atoms with van der Waals surface area (Å²) >= 11 is 0. The van der Waals surface area contributed by atoms with Gasteiger partial charge in [-0.05, 0) is 23.3 Å². The molecule has 1 amide bonds. The van der Waals surface area contributed by atoms with Crippen LogP contribution < -0.4 is 10.6 Å². The number of nitrogens with one attached hydrogen (secondary N) is 2. The summed E-state index contributed by atoms with van der Waals surface area (Å²) in [6.07, 6.45) is 10.7. The van der Waals surface area contributed by atoms with Crippen molar-refractivity contribution in [2.45, 2.75) is 6.42 Å². The van der Waals surface area contributed by atoms with E-state index < -0.39 is 0 Å². The molecule has 0 radical (unpaired) electrons. The van der Waals surface area contributed by atoms with E-state index in [1.165, 1.54) is 0 Å². The number of nitrogens with zero attached hydrogens (tertiary/aromatic N) is 5. The molecule has 0 saturated heterocycles. The maximum Gasteiger partial charge on any atom is 0.228 e. The number of carbonyl (C=O) groups excluding carboxylic acids is 1. The number of pyridine rings is 1. The second-order valence-corrected chi connectivity index (χ2v) is 6.49. The largest absolute Gasteiger partial charge is 0.324 e. The van der Waals surface area contributed by atoms with Gasteiger partial charge in [-0.25, -0.2) is 9.97 Å². The summed E-state index contributed by atoms with van der Waals surface area (Å²) in [5, 5.41) is 10.0. The van der Waals surface area contributed by atoms with Gasteiger partial charge in [0.2, 0.25) is 11.9 Å². The minimum absolute atomic E-state index is 0.0834. The quantitative estimate of drug-likeness (QED) is 0.529. The molecule has 2 N–H and O–H groups in total. The van der Waals surface area contributed by atoms with Gasteiger partial charge in [0.05, 0.1) is 30.2 Å². The molecule has 0 aliphatic carbocycles.